The molecule has 0 spiro atoms. The smallest absolute Gasteiger partial charge is 0.164 e. The average molecular weight is 280 g/mol. The minimum Gasteiger partial charge on any atom is -0.512 e. The van der Waals surface area contributed by atoms with Crippen molar-refractivity contribution < 1.29 is 9.90 Å². The third-order valence-electron chi connectivity index (χ3n) is 5.75. The van der Waals surface area contributed by atoms with E-state index in [1.807, 2.05) is 20.8 Å². The van der Waals surface area contributed by atoms with Gasteiger partial charge in [-0.15, -0.1) is 0 Å². The van der Waals surface area contributed by atoms with E-state index in [2.05, 4.69) is 20.8 Å². The molecule has 0 aromatic heterocycles. The number of allylic oxidation sites excluding steroid dienone is 2. The van der Waals surface area contributed by atoms with E-state index in [9.17, 15) is 9.90 Å². The number of hydrogen-bond donors (Lipinski definition) is 1. The highest BCUT2D eigenvalue weighted by molar-refractivity contribution is 5.94. The van der Waals surface area contributed by atoms with Gasteiger partial charge in [0.05, 0.1) is 0 Å². The van der Waals surface area contributed by atoms with Gasteiger partial charge in [0.25, 0.3) is 0 Å². The zero-order valence-electron chi connectivity index (χ0n) is 14.2. The predicted octanol–water partition coefficient (Wildman–Crippen LogP) is 5.43. The Labute approximate surface area is 124 Å². The Kier molecular flexibility index (Phi) is 5.10. The van der Waals surface area contributed by atoms with E-state index in [0.29, 0.717) is 11.2 Å². The van der Waals surface area contributed by atoms with Gasteiger partial charge in [0, 0.05) is 16.9 Å². The fraction of sp³-hybridized carbons (Fsp3) is 0.833. The summed E-state index contributed by atoms with van der Waals surface area (Å²) in [7, 11) is 0. The summed E-state index contributed by atoms with van der Waals surface area (Å²) in [5.41, 5.74) is -0.184. The molecule has 0 radical (unpaired) electrons. The molecule has 1 fully saturated rings. The van der Waals surface area contributed by atoms with Crippen LogP contribution in [0.5, 0.6) is 0 Å². The topological polar surface area (TPSA) is 37.3 Å². The molecule has 0 amide bonds. The van der Waals surface area contributed by atoms with Gasteiger partial charge >= 0.3 is 0 Å². The van der Waals surface area contributed by atoms with Gasteiger partial charge in [-0.3, -0.25) is 4.79 Å². The molecule has 2 nitrogen and oxygen atoms in total. The van der Waals surface area contributed by atoms with Gasteiger partial charge in [-0.05, 0) is 43.9 Å². The quantitative estimate of drug-likeness (QED) is 0.538. The summed E-state index contributed by atoms with van der Waals surface area (Å²) < 4.78 is 0. The number of aliphatic hydroxyl groups excluding tert-OH is 1. The zero-order valence-corrected chi connectivity index (χ0v) is 14.2. The highest BCUT2D eigenvalue weighted by Crippen LogP contribution is 2.48. The third-order valence-corrected chi connectivity index (χ3v) is 5.75. The first kappa shape index (κ1) is 17.3. The van der Waals surface area contributed by atoms with Gasteiger partial charge in [-0.25, -0.2) is 0 Å². The van der Waals surface area contributed by atoms with Gasteiger partial charge in [0.15, 0.2) is 5.78 Å². The van der Waals surface area contributed by atoms with E-state index in [0.717, 1.165) is 38.5 Å². The van der Waals surface area contributed by atoms with Crippen LogP contribution in [-0.4, -0.2) is 10.9 Å². The van der Waals surface area contributed by atoms with Gasteiger partial charge < -0.3 is 5.11 Å². The summed E-state index contributed by atoms with van der Waals surface area (Å²) in [4.78, 5) is 12.4. The first-order valence-electron chi connectivity index (χ1n) is 8.04. The second kappa shape index (κ2) is 5.91. The molecule has 0 saturated heterocycles. The number of carbonyl (C=O) groups excluding carboxylic acids is 1. The van der Waals surface area contributed by atoms with E-state index < -0.39 is 0 Å². The summed E-state index contributed by atoms with van der Waals surface area (Å²) >= 11 is 0. The van der Waals surface area contributed by atoms with Gasteiger partial charge in [-0.1, -0.05) is 41.5 Å². The standard InChI is InChI=1S/C18H32O2/c1-7-17(5,8-2)14(19)13-15(20)18(6)11-9-16(3,4)10-12-18/h13,20H,7-12H2,1-6H3/b15-13-. The van der Waals surface area contributed by atoms with Crippen molar-refractivity contribution in [3.63, 3.8) is 0 Å². The van der Waals surface area contributed by atoms with Crippen molar-refractivity contribution in [2.45, 2.75) is 80.1 Å². The highest BCUT2D eigenvalue weighted by Gasteiger charge is 2.39. The maximum absolute atomic E-state index is 12.4. The van der Waals surface area contributed by atoms with Gasteiger partial charge in [0.2, 0.25) is 0 Å². The molecule has 0 atom stereocenters. The van der Waals surface area contributed by atoms with Crippen molar-refractivity contribution in [3.8, 4) is 0 Å². The lowest BCUT2D eigenvalue weighted by Gasteiger charge is -2.41. The van der Waals surface area contributed by atoms with E-state index >= 15 is 0 Å². The van der Waals surface area contributed by atoms with Crippen LogP contribution in [0.3, 0.4) is 0 Å². The van der Waals surface area contributed by atoms with E-state index in [1.54, 1.807) is 0 Å². The van der Waals surface area contributed by atoms with Crippen LogP contribution in [0.15, 0.2) is 11.8 Å². The molecule has 116 valence electrons. The van der Waals surface area contributed by atoms with Crippen molar-refractivity contribution in [3.05, 3.63) is 11.8 Å². The second-order valence-corrected chi connectivity index (χ2v) is 7.89. The molecule has 1 N–H and O–H groups in total. The molecular weight excluding hydrogens is 248 g/mol. The lowest BCUT2D eigenvalue weighted by molar-refractivity contribution is -0.123. The van der Waals surface area contributed by atoms with Crippen LogP contribution in [0, 0.1) is 16.2 Å². The molecule has 1 saturated carbocycles. The SMILES string of the molecule is CCC(C)(CC)C(=O)/C=C(\O)C1(C)CCC(C)(C)CC1. The largest absolute Gasteiger partial charge is 0.512 e. The molecule has 2 heteroatoms. The van der Waals surface area contributed by atoms with Crippen molar-refractivity contribution in [1.82, 2.24) is 0 Å². The molecule has 0 aromatic carbocycles. The first-order chi connectivity index (χ1) is 9.08. The second-order valence-electron chi connectivity index (χ2n) is 7.89. The molecule has 20 heavy (non-hydrogen) atoms. The molecule has 0 aliphatic heterocycles. The summed E-state index contributed by atoms with van der Waals surface area (Å²) in [5.74, 6) is 0.372. The van der Waals surface area contributed by atoms with Crippen LogP contribution < -0.4 is 0 Å². The molecule has 1 rings (SSSR count). The zero-order chi connectivity index (χ0) is 15.6. The van der Waals surface area contributed by atoms with Crippen LogP contribution in [0.4, 0.5) is 0 Å². The number of aliphatic hydroxyl groups is 1. The van der Waals surface area contributed by atoms with Crippen molar-refractivity contribution in [2.75, 3.05) is 0 Å². The summed E-state index contributed by atoms with van der Waals surface area (Å²) in [6, 6.07) is 0. The molecule has 1 aliphatic carbocycles. The number of rotatable bonds is 5. The van der Waals surface area contributed by atoms with E-state index in [4.69, 9.17) is 0 Å². The minimum atomic E-state index is -0.335. The lowest BCUT2D eigenvalue weighted by atomic mass is 9.65. The number of hydrogen-bond acceptors (Lipinski definition) is 2. The predicted molar refractivity (Wildman–Crippen MR) is 84.8 cm³/mol. The van der Waals surface area contributed by atoms with E-state index in [1.165, 1.54) is 6.08 Å². The monoisotopic (exact) mass is 280 g/mol. The molecular formula is C18H32O2. The van der Waals surface area contributed by atoms with Gasteiger partial charge in [-0.2, -0.15) is 0 Å². The summed E-state index contributed by atoms with van der Waals surface area (Å²) in [6.07, 6.45) is 7.29. The Morgan fingerprint density at radius 1 is 1.10 bits per heavy atom. The number of ketones is 1. The molecule has 0 unspecified atom stereocenters. The molecule has 1 aliphatic rings. The summed E-state index contributed by atoms with van der Waals surface area (Å²) in [6.45, 7) is 12.7. The minimum absolute atomic E-state index is 0.0751. The van der Waals surface area contributed by atoms with Crippen LogP contribution >= 0.6 is 0 Å². The summed E-state index contributed by atoms with van der Waals surface area (Å²) in [5, 5.41) is 10.5. The molecule has 0 bridgehead atoms. The van der Waals surface area contributed by atoms with Crippen LogP contribution in [0.25, 0.3) is 0 Å². The van der Waals surface area contributed by atoms with Crippen LogP contribution in [-0.2, 0) is 4.79 Å². The van der Waals surface area contributed by atoms with Crippen molar-refractivity contribution in [1.29, 1.82) is 0 Å². The fourth-order valence-electron chi connectivity index (χ4n) is 2.81. The van der Waals surface area contributed by atoms with Crippen LogP contribution in [0.1, 0.15) is 80.1 Å². The Bertz CT molecular complexity index is 376. The Balaban J connectivity index is 2.86. The van der Waals surface area contributed by atoms with Crippen LogP contribution in [0.2, 0.25) is 0 Å². The maximum atomic E-state index is 12.4. The Morgan fingerprint density at radius 2 is 1.55 bits per heavy atom. The molecule has 0 aromatic rings. The first-order valence-corrected chi connectivity index (χ1v) is 8.04. The van der Waals surface area contributed by atoms with Gasteiger partial charge in [0.1, 0.15) is 5.76 Å². The maximum Gasteiger partial charge on any atom is 0.164 e. The van der Waals surface area contributed by atoms with E-state index in [-0.39, 0.29) is 16.6 Å². The molecule has 0 heterocycles. The fourth-order valence-corrected chi connectivity index (χ4v) is 2.81. The van der Waals surface area contributed by atoms with Crippen molar-refractivity contribution >= 4 is 5.78 Å². The Hall–Kier alpha value is -0.790. The van der Waals surface area contributed by atoms with Crippen molar-refractivity contribution in [2.24, 2.45) is 16.2 Å². The normalized spacial score (nSPS) is 22.6. The Morgan fingerprint density at radius 3 is 1.95 bits per heavy atom. The highest BCUT2D eigenvalue weighted by atomic mass is 16.3. The lowest BCUT2D eigenvalue weighted by Crippen LogP contribution is -2.32. The number of carbonyl (C=O) groups is 1. The average Bonchev–Trinajstić information content (AvgIpc) is 2.41. The third kappa shape index (κ3) is 3.65.